The van der Waals surface area contributed by atoms with Gasteiger partial charge in [0.05, 0.1) is 6.54 Å². The predicted octanol–water partition coefficient (Wildman–Crippen LogP) is 3.95. The van der Waals surface area contributed by atoms with Gasteiger partial charge in [-0.1, -0.05) is 17.7 Å². The molecule has 0 atom stereocenters. The normalized spacial score (nSPS) is 18.3. The molecule has 29 heavy (non-hydrogen) atoms. The number of rotatable bonds is 6. The molecule has 1 saturated heterocycles. The van der Waals surface area contributed by atoms with Gasteiger partial charge in [-0.05, 0) is 51.7 Å². The van der Waals surface area contributed by atoms with Gasteiger partial charge in [-0.25, -0.2) is 9.98 Å². The third kappa shape index (κ3) is 6.18. The zero-order valence-electron chi connectivity index (χ0n) is 17.4. The minimum absolute atomic E-state index is 0. The summed E-state index contributed by atoms with van der Waals surface area (Å²) < 4.78 is 5.65. The molecule has 158 valence electrons. The summed E-state index contributed by atoms with van der Waals surface area (Å²) in [6, 6.07) is 9.57. The van der Waals surface area contributed by atoms with Crippen LogP contribution in [0, 0.1) is 6.92 Å². The van der Waals surface area contributed by atoms with Crippen LogP contribution in [0.5, 0.6) is 0 Å². The fourth-order valence-electron chi connectivity index (χ4n) is 3.73. The Bertz CT molecular complexity index is 792. The van der Waals surface area contributed by atoms with E-state index in [0.717, 1.165) is 29.8 Å². The molecule has 0 radical (unpaired) electrons. The summed E-state index contributed by atoms with van der Waals surface area (Å²) in [7, 11) is 0. The van der Waals surface area contributed by atoms with Gasteiger partial charge in [-0.15, -0.1) is 24.0 Å². The first kappa shape index (κ1) is 22.1. The van der Waals surface area contributed by atoms with Crippen molar-refractivity contribution >= 4 is 29.9 Å². The van der Waals surface area contributed by atoms with E-state index in [1.54, 1.807) is 6.26 Å². The van der Waals surface area contributed by atoms with Crippen molar-refractivity contribution in [3.05, 3.63) is 41.8 Å². The first-order valence-corrected chi connectivity index (χ1v) is 10.5. The molecule has 0 amide bonds. The zero-order chi connectivity index (χ0) is 19.3. The van der Waals surface area contributed by atoms with Crippen molar-refractivity contribution in [1.82, 2.24) is 20.5 Å². The van der Waals surface area contributed by atoms with Gasteiger partial charge in [0.2, 0.25) is 5.89 Å². The maximum atomic E-state index is 5.65. The van der Waals surface area contributed by atoms with E-state index in [1.807, 2.05) is 12.1 Å². The maximum Gasteiger partial charge on any atom is 0.226 e. The zero-order valence-corrected chi connectivity index (χ0v) is 19.7. The van der Waals surface area contributed by atoms with E-state index in [4.69, 9.17) is 9.41 Å². The van der Waals surface area contributed by atoms with E-state index in [9.17, 15) is 0 Å². The highest BCUT2D eigenvalue weighted by Crippen LogP contribution is 2.29. The molecule has 2 aliphatic rings. The molecular formula is C22H32IN5O. The number of aromatic nitrogens is 1. The Morgan fingerprint density at radius 3 is 2.55 bits per heavy atom. The van der Waals surface area contributed by atoms with Gasteiger partial charge in [0.15, 0.2) is 5.96 Å². The highest BCUT2D eigenvalue weighted by molar-refractivity contribution is 14.0. The van der Waals surface area contributed by atoms with Gasteiger partial charge in [0.1, 0.15) is 12.0 Å². The molecule has 1 aromatic carbocycles. The molecule has 4 rings (SSSR count). The molecule has 7 heteroatoms. The van der Waals surface area contributed by atoms with Crippen LogP contribution < -0.4 is 10.6 Å². The third-order valence-electron chi connectivity index (χ3n) is 5.53. The Balaban J connectivity index is 0.00000240. The molecule has 1 saturated carbocycles. The molecule has 2 N–H and O–H groups in total. The van der Waals surface area contributed by atoms with Crippen LogP contribution in [0.4, 0.5) is 0 Å². The largest absolute Gasteiger partial charge is 0.444 e. The van der Waals surface area contributed by atoms with E-state index in [0.29, 0.717) is 18.5 Å². The van der Waals surface area contributed by atoms with Crippen LogP contribution in [0.25, 0.3) is 11.5 Å². The summed E-state index contributed by atoms with van der Waals surface area (Å²) in [5.74, 6) is 1.52. The number of benzene rings is 1. The van der Waals surface area contributed by atoms with Gasteiger partial charge in [0, 0.05) is 37.3 Å². The van der Waals surface area contributed by atoms with Crippen molar-refractivity contribution in [2.75, 3.05) is 19.6 Å². The van der Waals surface area contributed by atoms with Crippen LogP contribution in [0.2, 0.25) is 0 Å². The number of guanidine groups is 1. The smallest absolute Gasteiger partial charge is 0.226 e. The van der Waals surface area contributed by atoms with Crippen LogP contribution >= 0.6 is 24.0 Å². The van der Waals surface area contributed by atoms with Gasteiger partial charge >= 0.3 is 0 Å². The lowest BCUT2D eigenvalue weighted by Crippen LogP contribution is -2.49. The number of halogens is 1. The summed E-state index contributed by atoms with van der Waals surface area (Å²) in [5, 5.41) is 6.96. The second-order valence-electron chi connectivity index (χ2n) is 7.89. The fourth-order valence-corrected chi connectivity index (χ4v) is 3.73. The number of hydrogen-bond donors (Lipinski definition) is 2. The fraction of sp³-hybridized carbons (Fsp3) is 0.545. The first-order chi connectivity index (χ1) is 13.7. The predicted molar refractivity (Wildman–Crippen MR) is 128 cm³/mol. The van der Waals surface area contributed by atoms with Gasteiger partial charge in [0.25, 0.3) is 0 Å². The average molecular weight is 509 g/mol. The molecule has 2 heterocycles. The number of nitrogens with zero attached hydrogens (tertiary/aromatic N) is 3. The molecule has 1 aliphatic heterocycles. The highest BCUT2D eigenvalue weighted by atomic mass is 127. The highest BCUT2D eigenvalue weighted by Gasteiger charge is 2.31. The molecule has 2 aromatic rings. The molecule has 1 aromatic heterocycles. The summed E-state index contributed by atoms with van der Waals surface area (Å²) in [5.41, 5.74) is 3.06. The average Bonchev–Trinajstić information content (AvgIpc) is 3.45. The van der Waals surface area contributed by atoms with Crippen LogP contribution in [-0.4, -0.2) is 47.6 Å². The van der Waals surface area contributed by atoms with Crippen LogP contribution in [0.15, 0.2) is 39.9 Å². The van der Waals surface area contributed by atoms with Gasteiger partial charge < -0.3 is 20.0 Å². The summed E-state index contributed by atoms with van der Waals surface area (Å²) in [4.78, 5) is 12.0. The minimum Gasteiger partial charge on any atom is -0.444 e. The van der Waals surface area contributed by atoms with Crippen molar-refractivity contribution < 1.29 is 4.42 Å². The number of nitrogens with one attached hydrogen (secondary N) is 2. The Labute approximate surface area is 190 Å². The van der Waals surface area contributed by atoms with Gasteiger partial charge in [-0.3, -0.25) is 0 Å². The van der Waals surface area contributed by atoms with Crippen molar-refractivity contribution in [2.45, 2.75) is 58.2 Å². The molecule has 2 fully saturated rings. The molecular weight excluding hydrogens is 477 g/mol. The number of aliphatic imine (C=N–C) groups is 1. The summed E-state index contributed by atoms with van der Waals surface area (Å²) >= 11 is 0. The second-order valence-corrected chi connectivity index (χ2v) is 7.89. The monoisotopic (exact) mass is 509 g/mol. The van der Waals surface area contributed by atoms with Gasteiger partial charge in [-0.2, -0.15) is 0 Å². The van der Waals surface area contributed by atoms with E-state index in [-0.39, 0.29) is 24.0 Å². The van der Waals surface area contributed by atoms with Crippen molar-refractivity contribution in [1.29, 1.82) is 0 Å². The van der Waals surface area contributed by atoms with E-state index in [2.05, 4.69) is 46.5 Å². The Hall–Kier alpha value is -1.61. The van der Waals surface area contributed by atoms with E-state index in [1.165, 1.54) is 44.3 Å². The number of likely N-dealkylation sites (tertiary alicyclic amines) is 1. The van der Waals surface area contributed by atoms with Crippen molar-refractivity contribution in [3.63, 3.8) is 0 Å². The number of aryl methyl sites for hydroxylation is 1. The molecule has 0 bridgehead atoms. The van der Waals surface area contributed by atoms with Crippen LogP contribution in [-0.2, 0) is 6.54 Å². The third-order valence-corrected chi connectivity index (χ3v) is 5.53. The van der Waals surface area contributed by atoms with Crippen molar-refractivity contribution in [3.8, 4) is 11.5 Å². The maximum absolute atomic E-state index is 5.65. The lowest BCUT2D eigenvalue weighted by molar-refractivity contribution is 0.197. The Morgan fingerprint density at radius 2 is 1.90 bits per heavy atom. The topological polar surface area (TPSA) is 65.7 Å². The number of oxazole rings is 1. The second kappa shape index (κ2) is 10.4. The Morgan fingerprint density at radius 1 is 1.17 bits per heavy atom. The number of hydrogen-bond acceptors (Lipinski definition) is 4. The van der Waals surface area contributed by atoms with Crippen LogP contribution in [0.3, 0.4) is 0 Å². The first-order valence-electron chi connectivity index (χ1n) is 10.5. The summed E-state index contributed by atoms with van der Waals surface area (Å²) in [6.45, 7) is 7.92. The van der Waals surface area contributed by atoms with E-state index < -0.39 is 0 Å². The molecule has 0 unspecified atom stereocenters. The standard InChI is InChI=1S/C22H31N5O.HI/c1-3-23-22(26-18-10-12-27(13-11-18)20-8-9-20)24-14-19-15-28-21(25-19)17-6-4-16(2)5-7-17;/h4-7,15,18,20H,3,8-14H2,1-2H3,(H2,23,24,26);1H. The SMILES string of the molecule is CCNC(=NCc1coc(-c2ccc(C)cc2)n1)NC1CCN(C2CC2)CC1.I. The Kier molecular flexibility index (Phi) is 7.94. The van der Waals surface area contributed by atoms with Crippen LogP contribution in [0.1, 0.15) is 43.9 Å². The minimum atomic E-state index is 0. The molecule has 1 aliphatic carbocycles. The lowest BCUT2D eigenvalue weighted by atomic mass is 10.1. The lowest BCUT2D eigenvalue weighted by Gasteiger charge is -2.33. The summed E-state index contributed by atoms with van der Waals surface area (Å²) in [6.07, 6.45) is 6.86. The molecule has 6 nitrogen and oxygen atoms in total. The number of piperidine rings is 1. The quantitative estimate of drug-likeness (QED) is 0.351. The molecule has 0 spiro atoms. The van der Waals surface area contributed by atoms with E-state index >= 15 is 0 Å². The van der Waals surface area contributed by atoms with Crippen molar-refractivity contribution in [2.24, 2.45) is 4.99 Å².